The molecule has 0 N–H and O–H groups in total. The third kappa shape index (κ3) is 2.35. The molecule has 0 atom stereocenters. The highest BCUT2D eigenvalue weighted by molar-refractivity contribution is 6.31. The number of carbonyl (C=O) groups excluding carboxylic acids is 1. The average Bonchev–Trinajstić information content (AvgIpc) is 3.04. The number of halogens is 1. The van der Waals surface area contributed by atoms with Crippen molar-refractivity contribution < 1.29 is 13.9 Å². The maximum absolute atomic E-state index is 12.0. The van der Waals surface area contributed by atoms with Gasteiger partial charge in [-0.1, -0.05) is 11.6 Å². The summed E-state index contributed by atoms with van der Waals surface area (Å²) in [6.45, 7) is 5.43. The zero-order valence-electron chi connectivity index (χ0n) is 12.6. The van der Waals surface area contributed by atoms with Crippen LogP contribution in [0.3, 0.4) is 0 Å². The summed E-state index contributed by atoms with van der Waals surface area (Å²) in [5.74, 6) is 1.10. The van der Waals surface area contributed by atoms with Gasteiger partial charge in [-0.25, -0.2) is 9.79 Å². The second kappa shape index (κ2) is 5.14. The van der Waals surface area contributed by atoms with Crippen LogP contribution in [0.25, 0.3) is 6.08 Å². The average molecular weight is 320 g/mol. The fourth-order valence-electron chi connectivity index (χ4n) is 2.31. The predicted molar refractivity (Wildman–Crippen MR) is 81.7 cm³/mol. The smallest absolute Gasteiger partial charge is 0.363 e. The van der Waals surface area contributed by atoms with Gasteiger partial charge in [0, 0.05) is 12.6 Å². The molecule has 3 heterocycles. The van der Waals surface area contributed by atoms with Crippen molar-refractivity contribution in [3.8, 4) is 0 Å². The predicted octanol–water partition coefficient (Wildman–Crippen LogP) is 2.94. The van der Waals surface area contributed by atoms with Crippen LogP contribution in [-0.2, 0) is 16.6 Å². The maximum atomic E-state index is 12.0. The van der Waals surface area contributed by atoms with Crippen molar-refractivity contribution in [3.05, 3.63) is 45.3 Å². The molecule has 6 nitrogen and oxygen atoms in total. The van der Waals surface area contributed by atoms with Gasteiger partial charge < -0.3 is 9.15 Å². The third-order valence-corrected chi connectivity index (χ3v) is 3.82. The Bertz CT molecular complexity index is 843. The van der Waals surface area contributed by atoms with Gasteiger partial charge in [-0.05, 0) is 32.9 Å². The van der Waals surface area contributed by atoms with E-state index in [1.54, 1.807) is 26.1 Å². The van der Waals surface area contributed by atoms with Gasteiger partial charge in [0.15, 0.2) is 5.70 Å². The van der Waals surface area contributed by atoms with E-state index in [9.17, 15) is 4.79 Å². The number of hydrogen-bond acceptors (Lipinski definition) is 5. The summed E-state index contributed by atoms with van der Waals surface area (Å²) in [4.78, 5) is 16.3. The van der Waals surface area contributed by atoms with Crippen LogP contribution >= 0.6 is 11.6 Å². The first kappa shape index (κ1) is 14.6. The van der Waals surface area contributed by atoms with E-state index in [2.05, 4.69) is 10.1 Å². The van der Waals surface area contributed by atoms with Crippen LogP contribution in [0.15, 0.2) is 21.2 Å². The highest BCUT2D eigenvalue weighted by Crippen LogP contribution is 2.26. The van der Waals surface area contributed by atoms with Gasteiger partial charge in [0.2, 0.25) is 5.90 Å². The van der Waals surface area contributed by atoms with Gasteiger partial charge >= 0.3 is 5.97 Å². The molecule has 0 aliphatic carbocycles. The number of carbonyl (C=O) groups is 1. The van der Waals surface area contributed by atoms with Crippen molar-refractivity contribution in [3.63, 3.8) is 0 Å². The van der Waals surface area contributed by atoms with E-state index < -0.39 is 5.97 Å². The van der Waals surface area contributed by atoms with Crippen LogP contribution in [0, 0.1) is 20.8 Å². The molecule has 0 saturated heterocycles. The molecule has 1 aliphatic heterocycles. The van der Waals surface area contributed by atoms with Gasteiger partial charge in [0.25, 0.3) is 0 Å². The molecule has 0 amide bonds. The van der Waals surface area contributed by atoms with Crippen molar-refractivity contribution in [2.24, 2.45) is 12.0 Å². The molecule has 7 heteroatoms. The minimum absolute atomic E-state index is 0.186. The molecular weight excluding hydrogens is 306 g/mol. The summed E-state index contributed by atoms with van der Waals surface area (Å²) in [5.41, 5.74) is 2.22. The third-order valence-electron chi connectivity index (χ3n) is 3.37. The molecule has 1 aliphatic rings. The lowest BCUT2D eigenvalue weighted by molar-refractivity contribution is -0.129. The van der Waals surface area contributed by atoms with Crippen LogP contribution in [-0.4, -0.2) is 21.6 Å². The van der Waals surface area contributed by atoms with Crippen LogP contribution < -0.4 is 0 Å². The second-order valence-electron chi connectivity index (χ2n) is 5.08. The minimum atomic E-state index is -0.521. The molecule has 0 aromatic carbocycles. The van der Waals surface area contributed by atoms with E-state index in [1.165, 1.54) is 4.68 Å². The first-order chi connectivity index (χ1) is 10.4. The van der Waals surface area contributed by atoms with E-state index in [1.807, 2.05) is 13.8 Å². The summed E-state index contributed by atoms with van der Waals surface area (Å²) < 4.78 is 12.2. The van der Waals surface area contributed by atoms with Crippen molar-refractivity contribution in [2.75, 3.05) is 0 Å². The number of esters is 1. The molecule has 0 radical (unpaired) electrons. The van der Waals surface area contributed by atoms with Crippen molar-refractivity contribution in [1.82, 2.24) is 9.78 Å². The Labute approximate surface area is 132 Å². The van der Waals surface area contributed by atoms with Gasteiger partial charge in [0.1, 0.15) is 16.7 Å². The quantitative estimate of drug-likeness (QED) is 0.630. The largest absolute Gasteiger partial charge is 0.466 e. The van der Waals surface area contributed by atoms with Gasteiger partial charge in [-0.3, -0.25) is 4.68 Å². The molecule has 0 bridgehead atoms. The Kier molecular flexibility index (Phi) is 3.41. The molecule has 0 fully saturated rings. The van der Waals surface area contributed by atoms with Crippen LogP contribution in [0.1, 0.15) is 28.3 Å². The Morgan fingerprint density at radius 3 is 2.59 bits per heavy atom. The molecule has 0 saturated carbocycles. The van der Waals surface area contributed by atoms with Crippen molar-refractivity contribution >= 4 is 29.5 Å². The number of hydrogen-bond donors (Lipinski definition) is 0. The van der Waals surface area contributed by atoms with Crippen molar-refractivity contribution in [2.45, 2.75) is 20.8 Å². The standard InChI is InChI=1S/C15H14ClN3O3/c1-7-5-11(9(3)21-7)14-17-12(15(20)22-14)6-10-8(2)18-19(4)13(10)16/h5-6H,1-4H3/b12-6+. The number of rotatable bonds is 2. The Balaban J connectivity index is 2.03. The zero-order chi connectivity index (χ0) is 16.0. The lowest BCUT2D eigenvalue weighted by atomic mass is 10.2. The highest BCUT2D eigenvalue weighted by atomic mass is 35.5. The zero-order valence-corrected chi connectivity index (χ0v) is 13.4. The Morgan fingerprint density at radius 2 is 2.05 bits per heavy atom. The number of nitrogens with zero attached hydrogens (tertiary/aromatic N) is 3. The fraction of sp³-hybridized carbons (Fsp3) is 0.267. The highest BCUT2D eigenvalue weighted by Gasteiger charge is 2.27. The van der Waals surface area contributed by atoms with Gasteiger partial charge in [-0.2, -0.15) is 5.10 Å². The molecule has 0 unspecified atom stereocenters. The molecule has 2 aromatic rings. The normalized spacial score (nSPS) is 16.3. The van der Waals surface area contributed by atoms with Crippen LogP contribution in [0.5, 0.6) is 0 Å². The SMILES string of the molecule is Cc1cc(C2=N/C(=C/c3c(C)nn(C)c3Cl)C(=O)O2)c(C)o1. The van der Waals surface area contributed by atoms with E-state index in [0.29, 0.717) is 27.7 Å². The molecular formula is C15H14ClN3O3. The number of aromatic nitrogens is 2. The number of aryl methyl sites for hydroxylation is 4. The van der Waals surface area contributed by atoms with Crippen LogP contribution in [0.4, 0.5) is 0 Å². The maximum Gasteiger partial charge on any atom is 0.363 e. The minimum Gasteiger partial charge on any atom is -0.466 e. The van der Waals surface area contributed by atoms with E-state index in [4.69, 9.17) is 20.8 Å². The first-order valence-corrected chi connectivity index (χ1v) is 7.03. The summed E-state index contributed by atoms with van der Waals surface area (Å²) in [6.07, 6.45) is 1.59. The number of aliphatic imine (C=N–C) groups is 1. The Hall–Kier alpha value is -2.34. The Morgan fingerprint density at radius 1 is 1.32 bits per heavy atom. The van der Waals surface area contributed by atoms with Crippen LogP contribution in [0.2, 0.25) is 5.15 Å². The lowest BCUT2D eigenvalue weighted by Gasteiger charge is -1.95. The van der Waals surface area contributed by atoms with E-state index in [0.717, 1.165) is 5.76 Å². The summed E-state index contributed by atoms with van der Waals surface area (Å²) in [7, 11) is 1.73. The number of furan rings is 1. The topological polar surface area (TPSA) is 69.6 Å². The summed E-state index contributed by atoms with van der Waals surface area (Å²) in [5, 5.41) is 4.64. The monoisotopic (exact) mass is 319 g/mol. The van der Waals surface area contributed by atoms with Gasteiger partial charge in [-0.15, -0.1) is 0 Å². The molecule has 3 rings (SSSR count). The lowest BCUT2D eigenvalue weighted by Crippen LogP contribution is -2.05. The summed E-state index contributed by atoms with van der Waals surface area (Å²) in [6, 6.07) is 1.78. The van der Waals surface area contributed by atoms with E-state index >= 15 is 0 Å². The number of ether oxygens (including phenoxy) is 1. The molecule has 0 spiro atoms. The molecule has 114 valence electrons. The first-order valence-electron chi connectivity index (χ1n) is 6.66. The molecule has 2 aromatic heterocycles. The van der Waals surface area contributed by atoms with Gasteiger partial charge in [0.05, 0.1) is 11.3 Å². The fourth-order valence-corrected chi connectivity index (χ4v) is 2.54. The molecule has 22 heavy (non-hydrogen) atoms. The van der Waals surface area contributed by atoms with E-state index in [-0.39, 0.29) is 11.6 Å². The summed E-state index contributed by atoms with van der Waals surface area (Å²) >= 11 is 6.16. The second-order valence-corrected chi connectivity index (χ2v) is 5.43. The number of cyclic esters (lactones) is 1. The van der Waals surface area contributed by atoms with Crippen molar-refractivity contribution in [1.29, 1.82) is 0 Å².